The first-order chi connectivity index (χ1) is 10.6. The standard InChI is InChI=1S/C16H13N3O3/c1-18-9-5-8-12(18)10-13-14(20)17-16(22)19(15(13)21)11-6-3-2-4-7-11/h2-10H,1H3,(H,17,20,22)/b13-10-. The molecular formula is C16H13N3O3. The highest BCUT2D eigenvalue weighted by molar-refractivity contribution is 6.39. The van der Waals surface area contributed by atoms with E-state index in [9.17, 15) is 14.4 Å². The van der Waals surface area contributed by atoms with Crippen molar-refractivity contribution in [2.75, 3.05) is 4.90 Å². The first kappa shape index (κ1) is 13.8. The zero-order valence-corrected chi connectivity index (χ0v) is 11.8. The Morgan fingerprint density at radius 3 is 2.36 bits per heavy atom. The van der Waals surface area contributed by atoms with Gasteiger partial charge in [-0.05, 0) is 30.3 Å². The summed E-state index contributed by atoms with van der Waals surface area (Å²) in [6, 6.07) is 11.3. The van der Waals surface area contributed by atoms with Gasteiger partial charge in [-0.1, -0.05) is 18.2 Å². The molecule has 1 aliphatic heterocycles. The van der Waals surface area contributed by atoms with E-state index in [0.29, 0.717) is 11.4 Å². The van der Waals surface area contributed by atoms with Crippen molar-refractivity contribution in [1.82, 2.24) is 9.88 Å². The molecule has 1 saturated heterocycles. The van der Waals surface area contributed by atoms with Gasteiger partial charge in [-0.15, -0.1) is 0 Å². The van der Waals surface area contributed by atoms with Crippen LogP contribution in [-0.4, -0.2) is 22.4 Å². The number of nitrogens with zero attached hydrogens (tertiary/aromatic N) is 2. The van der Waals surface area contributed by atoms with Gasteiger partial charge in [0, 0.05) is 18.9 Å². The number of anilines is 1. The Labute approximate surface area is 126 Å². The van der Waals surface area contributed by atoms with Crippen LogP contribution in [0.3, 0.4) is 0 Å². The van der Waals surface area contributed by atoms with Gasteiger partial charge in [0.05, 0.1) is 5.69 Å². The van der Waals surface area contributed by atoms with Crippen LogP contribution >= 0.6 is 0 Å². The molecule has 1 aromatic heterocycles. The van der Waals surface area contributed by atoms with Crippen molar-refractivity contribution in [3.05, 3.63) is 59.9 Å². The van der Waals surface area contributed by atoms with Crippen molar-refractivity contribution in [2.24, 2.45) is 7.05 Å². The Hall–Kier alpha value is -3.15. The van der Waals surface area contributed by atoms with Crippen LogP contribution in [0.4, 0.5) is 10.5 Å². The molecule has 2 heterocycles. The lowest BCUT2D eigenvalue weighted by molar-refractivity contribution is -0.122. The molecule has 110 valence electrons. The third-order valence-electron chi connectivity index (χ3n) is 3.39. The minimum Gasteiger partial charge on any atom is -0.351 e. The van der Waals surface area contributed by atoms with Gasteiger partial charge in [0.25, 0.3) is 11.8 Å². The number of aromatic nitrogens is 1. The quantitative estimate of drug-likeness (QED) is 0.677. The predicted molar refractivity (Wildman–Crippen MR) is 80.9 cm³/mol. The zero-order valence-electron chi connectivity index (χ0n) is 11.8. The third-order valence-corrected chi connectivity index (χ3v) is 3.39. The maximum Gasteiger partial charge on any atom is 0.335 e. The van der Waals surface area contributed by atoms with Crippen molar-refractivity contribution in [3.63, 3.8) is 0 Å². The molecule has 1 aliphatic rings. The Balaban J connectivity index is 2.03. The summed E-state index contributed by atoms with van der Waals surface area (Å²) in [7, 11) is 1.80. The first-order valence-corrected chi connectivity index (χ1v) is 6.66. The van der Waals surface area contributed by atoms with Gasteiger partial charge in [0.15, 0.2) is 0 Å². The Kier molecular flexibility index (Phi) is 3.34. The average Bonchev–Trinajstić information content (AvgIpc) is 2.89. The monoisotopic (exact) mass is 295 g/mol. The minimum atomic E-state index is -0.745. The number of nitrogens with one attached hydrogen (secondary N) is 1. The summed E-state index contributed by atoms with van der Waals surface area (Å²) in [5, 5.41) is 2.19. The number of para-hydroxylation sites is 1. The average molecular weight is 295 g/mol. The molecule has 0 atom stereocenters. The van der Waals surface area contributed by atoms with E-state index in [-0.39, 0.29) is 5.57 Å². The molecule has 0 spiro atoms. The fourth-order valence-electron chi connectivity index (χ4n) is 2.24. The van der Waals surface area contributed by atoms with Gasteiger partial charge in [-0.2, -0.15) is 0 Å². The van der Waals surface area contributed by atoms with E-state index in [1.54, 1.807) is 60.3 Å². The lowest BCUT2D eigenvalue weighted by Gasteiger charge is -2.26. The molecule has 0 radical (unpaired) electrons. The van der Waals surface area contributed by atoms with Crippen molar-refractivity contribution in [2.45, 2.75) is 0 Å². The number of benzene rings is 1. The van der Waals surface area contributed by atoms with Crippen LogP contribution < -0.4 is 10.2 Å². The number of imide groups is 2. The molecule has 1 N–H and O–H groups in total. The number of hydrogen-bond acceptors (Lipinski definition) is 3. The second-order valence-electron chi connectivity index (χ2n) is 4.84. The van der Waals surface area contributed by atoms with Crippen molar-refractivity contribution >= 4 is 29.6 Å². The van der Waals surface area contributed by atoms with Gasteiger partial charge in [0.2, 0.25) is 0 Å². The van der Waals surface area contributed by atoms with Crippen molar-refractivity contribution in [1.29, 1.82) is 0 Å². The summed E-state index contributed by atoms with van der Waals surface area (Å²) in [5.41, 5.74) is 1.03. The van der Waals surface area contributed by atoms with Crippen LogP contribution in [-0.2, 0) is 16.6 Å². The fourth-order valence-corrected chi connectivity index (χ4v) is 2.24. The Bertz CT molecular complexity index is 790. The molecule has 0 bridgehead atoms. The topological polar surface area (TPSA) is 71.4 Å². The lowest BCUT2D eigenvalue weighted by atomic mass is 10.1. The minimum absolute atomic E-state index is 0.0785. The summed E-state index contributed by atoms with van der Waals surface area (Å²) in [5.74, 6) is -1.33. The summed E-state index contributed by atoms with van der Waals surface area (Å²) in [6.45, 7) is 0. The van der Waals surface area contributed by atoms with Gasteiger partial charge in [-0.3, -0.25) is 14.9 Å². The van der Waals surface area contributed by atoms with Gasteiger partial charge >= 0.3 is 6.03 Å². The predicted octanol–water partition coefficient (Wildman–Crippen LogP) is 1.69. The maximum atomic E-state index is 12.6. The van der Waals surface area contributed by atoms with Crippen LogP contribution in [0.1, 0.15) is 5.69 Å². The highest BCUT2D eigenvalue weighted by atomic mass is 16.2. The molecule has 0 unspecified atom stereocenters. The molecule has 0 aliphatic carbocycles. The molecule has 1 fully saturated rings. The molecular weight excluding hydrogens is 282 g/mol. The lowest BCUT2D eigenvalue weighted by Crippen LogP contribution is -2.54. The summed E-state index contributed by atoms with van der Waals surface area (Å²) < 4.78 is 1.77. The number of carbonyl (C=O) groups excluding carboxylic acids is 3. The molecule has 6 heteroatoms. The van der Waals surface area contributed by atoms with E-state index in [1.165, 1.54) is 6.08 Å². The van der Waals surface area contributed by atoms with Gasteiger partial charge < -0.3 is 4.57 Å². The highest BCUT2D eigenvalue weighted by Gasteiger charge is 2.36. The fraction of sp³-hybridized carbons (Fsp3) is 0.0625. The van der Waals surface area contributed by atoms with E-state index in [2.05, 4.69) is 5.32 Å². The molecule has 6 nitrogen and oxygen atoms in total. The van der Waals surface area contributed by atoms with Crippen LogP contribution in [0.2, 0.25) is 0 Å². The second kappa shape index (κ2) is 5.33. The van der Waals surface area contributed by atoms with Crippen LogP contribution in [0, 0.1) is 0 Å². The molecule has 2 aromatic rings. The van der Waals surface area contributed by atoms with Gasteiger partial charge in [0.1, 0.15) is 5.57 Å². The number of barbiturate groups is 1. The Morgan fingerprint density at radius 2 is 1.73 bits per heavy atom. The second-order valence-corrected chi connectivity index (χ2v) is 4.84. The summed E-state index contributed by atoms with van der Waals surface area (Å²) in [6.07, 6.45) is 3.28. The zero-order chi connectivity index (χ0) is 15.7. The van der Waals surface area contributed by atoms with Crippen LogP contribution in [0.15, 0.2) is 54.2 Å². The maximum absolute atomic E-state index is 12.6. The van der Waals surface area contributed by atoms with E-state index in [0.717, 1.165) is 4.90 Å². The molecule has 0 saturated carbocycles. The van der Waals surface area contributed by atoms with Gasteiger partial charge in [-0.25, -0.2) is 9.69 Å². The Morgan fingerprint density at radius 1 is 1.00 bits per heavy atom. The van der Waals surface area contributed by atoms with Crippen molar-refractivity contribution < 1.29 is 14.4 Å². The summed E-state index contributed by atoms with van der Waals surface area (Å²) in [4.78, 5) is 37.4. The molecule has 22 heavy (non-hydrogen) atoms. The van der Waals surface area contributed by atoms with Crippen LogP contribution in [0.25, 0.3) is 6.08 Å². The summed E-state index contributed by atoms with van der Waals surface area (Å²) >= 11 is 0. The highest BCUT2D eigenvalue weighted by Crippen LogP contribution is 2.21. The van der Waals surface area contributed by atoms with E-state index < -0.39 is 17.8 Å². The number of hydrogen-bond donors (Lipinski definition) is 1. The van der Waals surface area contributed by atoms with E-state index in [1.807, 2.05) is 0 Å². The molecule has 3 rings (SSSR count). The number of amides is 4. The SMILES string of the molecule is Cn1cccc1/C=C1/C(=O)NC(=O)N(c2ccccc2)C1=O. The first-order valence-electron chi connectivity index (χ1n) is 6.66. The number of urea groups is 1. The van der Waals surface area contributed by atoms with Crippen molar-refractivity contribution in [3.8, 4) is 0 Å². The molecule has 1 aromatic carbocycles. The normalized spacial score (nSPS) is 17.0. The smallest absolute Gasteiger partial charge is 0.335 e. The number of aryl methyl sites for hydroxylation is 1. The molecule has 4 amide bonds. The van der Waals surface area contributed by atoms with E-state index in [4.69, 9.17) is 0 Å². The number of carbonyl (C=O) groups is 3. The van der Waals surface area contributed by atoms with Crippen LogP contribution in [0.5, 0.6) is 0 Å². The van der Waals surface area contributed by atoms with E-state index >= 15 is 0 Å². The number of rotatable bonds is 2. The largest absolute Gasteiger partial charge is 0.351 e. The third kappa shape index (κ3) is 2.31.